The van der Waals surface area contributed by atoms with Crippen LogP contribution in [0.2, 0.25) is 5.02 Å². The maximum Gasteiger partial charge on any atom is 0.339 e. The van der Waals surface area contributed by atoms with Gasteiger partial charge in [0.1, 0.15) is 17.1 Å². The summed E-state index contributed by atoms with van der Waals surface area (Å²) in [4.78, 5) is 22.9. The molecule has 1 aromatic carbocycles. The second-order valence-corrected chi connectivity index (χ2v) is 5.68. The minimum Gasteiger partial charge on any atom is -0.478 e. The van der Waals surface area contributed by atoms with Crippen molar-refractivity contribution in [2.45, 2.75) is 13.5 Å². The van der Waals surface area contributed by atoms with Crippen LogP contribution >= 0.6 is 27.5 Å². The van der Waals surface area contributed by atoms with Crippen molar-refractivity contribution in [3.8, 4) is 0 Å². The zero-order chi connectivity index (χ0) is 15.6. The summed E-state index contributed by atoms with van der Waals surface area (Å²) in [7, 11) is 0. The number of carbonyl (C=O) groups excluding carboxylic acids is 1. The number of carboxylic acid groups (broad SMARTS) is 1. The van der Waals surface area contributed by atoms with E-state index in [1.807, 2.05) is 0 Å². The smallest absolute Gasteiger partial charge is 0.339 e. The Morgan fingerprint density at radius 1 is 1.33 bits per heavy atom. The van der Waals surface area contributed by atoms with Crippen molar-refractivity contribution >= 4 is 39.4 Å². The third-order valence-electron chi connectivity index (χ3n) is 2.75. The molecule has 1 amide bonds. The third-order valence-corrected chi connectivity index (χ3v) is 3.42. The van der Waals surface area contributed by atoms with Crippen LogP contribution in [0.15, 0.2) is 33.2 Å². The fourth-order valence-electron chi connectivity index (χ4n) is 1.80. The van der Waals surface area contributed by atoms with Gasteiger partial charge in [-0.05, 0) is 31.2 Å². The molecule has 21 heavy (non-hydrogen) atoms. The molecular weight excluding hydrogens is 362 g/mol. The van der Waals surface area contributed by atoms with Gasteiger partial charge in [0.05, 0.1) is 6.54 Å². The zero-order valence-corrected chi connectivity index (χ0v) is 13.3. The fourth-order valence-corrected chi connectivity index (χ4v) is 2.66. The van der Waals surface area contributed by atoms with E-state index in [2.05, 4.69) is 21.2 Å². The number of benzene rings is 1. The van der Waals surface area contributed by atoms with E-state index in [0.717, 1.165) is 0 Å². The molecule has 0 aliphatic carbocycles. The second kappa shape index (κ2) is 6.32. The van der Waals surface area contributed by atoms with Crippen molar-refractivity contribution < 1.29 is 19.1 Å². The SMILES string of the molecule is Cc1oc(CNC(=O)c2cc(Cl)cc(Br)c2)cc1C(=O)O. The van der Waals surface area contributed by atoms with Gasteiger partial charge in [-0.15, -0.1) is 0 Å². The van der Waals surface area contributed by atoms with Gasteiger partial charge in [-0.1, -0.05) is 27.5 Å². The van der Waals surface area contributed by atoms with Crippen LogP contribution in [0.5, 0.6) is 0 Å². The van der Waals surface area contributed by atoms with Crippen LogP contribution in [-0.4, -0.2) is 17.0 Å². The van der Waals surface area contributed by atoms with Crippen LogP contribution in [0.4, 0.5) is 0 Å². The lowest BCUT2D eigenvalue weighted by Gasteiger charge is -2.04. The number of nitrogens with one attached hydrogen (secondary N) is 1. The highest BCUT2D eigenvalue weighted by Gasteiger charge is 2.14. The monoisotopic (exact) mass is 371 g/mol. The maximum absolute atomic E-state index is 12.0. The Kier molecular flexibility index (Phi) is 4.69. The van der Waals surface area contributed by atoms with Gasteiger partial charge in [-0.2, -0.15) is 0 Å². The van der Waals surface area contributed by atoms with Crippen molar-refractivity contribution in [1.29, 1.82) is 0 Å². The third kappa shape index (κ3) is 3.86. The molecule has 0 aliphatic rings. The molecule has 1 aromatic heterocycles. The highest BCUT2D eigenvalue weighted by molar-refractivity contribution is 9.10. The molecule has 0 atom stereocenters. The lowest BCUT2D eigenvalue weighted by molar-refractivity contribution is 0.0694. The topological polar surface area (TPSA) is 79.5 Å². The quantitative estimate of drug-likeness (QED) is 0.859. The standard InChI is InChI=1S/C14H11BrClNO4/c1-7-12(14(19)20)5-11(21-7)6-17-13(18)8-2-9(15)4-10(16)3-8/h2-5H,6H2,1H3,(H,17,18)(H,19,20). The summed E-state index contributed by atoms with van der Waals surface area (Å²) in [6.07, 6.45) is 0. The van der Waals surface area contributed by atoms with Gasteiger partial charge in [0.25, 0.3) is 5.91 Å². The van der Waals surface area contributed by atoms with Crippen molar-refractivity contribution in [1.82, 2.24) is 5.32 Å². The van der Waals surface area contributed by atoms with Crippen LogP contribution in [-0.2, 0) is 6.54 Å². The Hall–Kier alpha value is -1.79. The van der Waals surface area contributed by atoms with Crippen molar-refractivity contribution in [2.75, 3.05) is 0 Å². The summed E-state index contributed by atoms with van der Waals surface area (Å²) in [5.41, 5.74) is 0.487. The number of amides is 1. The number of aryl methyl sites for hydroxylation is 1. The number of hydrogen-bond donors (Lipinski definition) is 2. The molecule has 1 heterocycles. The molecule has 5 nitrogen and oxygen atoms in total. The average Bonchev–Trinajstić information content (AvgIpc) is 2.76. The first-order chi connectivity index (χ1) is 9.86. The van der Waals surface area contributed by atoms with Crippen molar-refractivity contribution in [3.05, 3.63) is 56.4 Å². The van der Waals surface area contributed by atoms with Crippen molar-refractivity contribution in [3.63, 3.8) is 0 Å². The molecule has 2 N–H and O–H groups in total. The van der Waals surface area contributed by atoms with Crippen LogP contribution in [0.3, 0.4) is 0 Å². The molecule has 2 rings (SSSR count). The normalized spacial score (nSPS) is 10.4. The van der Waals surface area contributed by atoms with E-state index < -0.39 is 5.97 Å². The van der Waals surface area contributed by atoms with Gasteiger partial charge in [-0.3, -0.25) is 4.79 Å². The number of halogens is 2. The van der Waals surface area contributed by atoms with E-state index in [1.165, 1.54) is 12.1 Å². The first-order valence-electron chi connectivity index (χ1n) is 5.93. The first kappa shape index (κ1) is 15.6. The van der Waals surface area contributed by atoms with Gasteiger partial charge >= 0.3 is 5.97 Å². The molecule has 7 heteroatoms. The Bertz CT molecular complexity index is 691. The Morgan fingerprint density at radius 3 is 2.62 bits per heavy atom. The number of carboxylic acids is 1. The predicted octanol–water partition coefficient (Wildman–Crippen LogP) is 3.63. The van der Waals surface area contributed by atoms with E-state index in [-0.39, 0.29) is 18.0 Å². The van der Waals surface area contributed by atoms with E-state index >= 15 is 0 Å². The summed E-state index contributed by atoms with van der Waals surface area (Å²) in [5, 5.41) is 12.0. The van der Waals surface area contributed by atoms with Crippen LogP contribution < -0.4 is 5.32 Å². The fraction of sp³-hybridized carbons (Fsp3) is 0.143. The minimum absolute atomic E-state index is 0.0877. The Balaban J connectivity index is 2.07. The Labute approximate surface area is 134 Å². The molecule has 0 unspecified atom stereocenters. The summed E-state index contributed by atoms with van der Waals surface area (Å²) in [5.74, 6) is -0.715. The summed E-state index contributed by atoms with van der Waals surface area (Å²) < 4.78 is 5.98. The predicted molar refractivity (Wildman–Crippen MR) is 80.7 cm³/mol. The molecule has 0 radical (unpaired) electrons. The summed E-state index contributed by atoms with van der Waals surface area (Å²) in [6, 6.07) is 6.24. The molecule has 0 bridgehead atoms. The van der Waals surface area contributed by atoms with E-state index in [9.17, 15) is 9.59 Å². The molecule has 0 aliphatic heterocycles. The number of hydrogen-bond acceptors (Lipinski definition) is 3. The average molecular weight is 373 g/mol. The number of rotatable bonds is 4. The number of furan rings is 1. The summed E-state index contributed by atoms with van der Waals surface area (Å²) in [6.45, 7) is 1.65. The molecule has 0 saturated carbocycles. The molecule has 2 aromatic rings. The molecule has 110 valence electrons. The molecule has 0 fully saturated rings. The van der Waals surface area contributed by atoms with Gasteiger partial charge in [0.2, 0.25) is 0 Å². The Morgan fingerprint density at radius 2 is 2.05 bits per heavy atom. The number of aromatic carboxylic acids is 1. The molecule has 0 saturated heterocycles. The van der Waals surface area contributed by atoms with Gasteiger partial charge in [0, 0.05) is 15.1 Å². The maximum atomic E-state index is 12.0. The highest BCUT2D eigenvalue weighted by atomic mass is 79.9. The van der Waals surface area contributed by atoms with E-state index in [4.69, 9.17) is 21.1 Å². The van der Waals surface area contributed by atoms with Crippen LogP contribution in [0.1, 0.15) is 32.2 Å². The zero-order valence-electron chi connectivity index (χ0n) is 10.9. The van der Waals surface area contributed by atoms with E-state index in [1.54, 1.807) is 19.1 Å². The van der Waals surface area contributed by atoms with Gasteiger partial charge in [0.15, 0.2) is 0 Å². The molecule has 0 spiro atoms. The van der Waals surface area contributed by atoms with Gasteiger partial charge in [-0.25, -0.2) is 4.79 Å². The largest absolute Gasteiger partial charge is 0.478 e. The van der Waals surface area contributed by atoms with Gasteiger partial charge < -0.3 is 14.8 Å². The summed E-state index contributed by atoms with van der Waals surface area (Å²) >= 11 is 9.13. The van der Waals surface area contributed by atoms with Crippen molar-refractivity contribution in [2.24, 2.45) is 0 Å². The van der Waals surface area contributed by atoms with E-state index in [0.29, 0.717) is 26.6 Å². The van der Waals surface area contributed by atoms with Crippen LogP contribution in [0, 0.1) is 6.92 Å². The lowest BCUT2D eigenvalue weighted by Crippen LogP contribution is -2.22. The first-order valence-corrected chi connectivity index (χ1v) is 7.11. The lowest BCUT2D eigenvalue weighted by atomic mass is 10.2. The number of carbonyl (C=O) groups is 2. The second-order valence-electron chi connectivity index (χ2n) is 4.33. The highest BCUT2D eigenvalue weighted by Crippen LogP contribution is 2.20. The molecular formula is C14H11BrClNO4. The van der Waals surface area contributed by atoms with Crippen LogP contribution in [0.25, 0.3) is 0 Å². The minimum atomic E-state index is -1.06.